The lowest BCUT2D eigenvalue weighted by molar-refractivity contribution is -0.384. The van der Waals surface area contributed by atoms with E-state index in [0.717, 1.165) is 0 Å². The maximum absolute atomic E-state index is 11.7. The fourth-order valence-electron chi connectivity index (χ4n) is 2.30. The number of hydrogen-bond donors (Lipinski definition) is 1. The first-order valence-electron chi connectivity index (χ1n) is 5.80. The van der Waals surface area contributed by atoms with Crippen molar-refractivity contribution < 1.29 is 19.6 Å². The van der Waals surface area contributed by atoms with Gasteiger partial charge in [0.15, 0.2) is 0 Å². The topological polar surface area (TPSA) is 92.9 Å². The normalized spacial score (nSPS) is 22.3. The number of carbonyl (C=O) groups is 1. The van der Waals surface area contributed by atoms with Crippen LogP contribution in [-0.2, 0) is 9.53 Å². The number of benzene rings is 1. The van der Waals surface area contributed by atoms with Crippen molar-refractivity contribution >= 4 is 17.3 Å². The lowest BCUT2D eigenvalue weighted by Crippen LogP contribution is -2.37. The fourth-order valence-corrected chi connectivity index (χ4v) is 2.30. The van der Waals surface area contributed by atoms with E-state index >= 15 is 0 Å². The molecule has 1 aromatic rings. The van der Waals surface area contributed by atoms with Crippen LogP contribution in [0.3, 0.4) is 0 Å². The molecule has 102 valence electrons. The number of hydrogen-bond acceptors (Lipinski definition) is 6. The third-order valence-corrected chi connectivity index (χ3v) is 3.14. The molecule has 0 aromatic heterocycles. The summed E-state index contributed by atoms with van der Waals surface area (Å²) in [4.78, 5) is 23.7. The second-order valence-electron chi connectivity index (χ2n) is 4.33. The van der Waals surface area contributed by atoms with Crippen LogP contribution in [0.2, 0.25) is 0 Å². The summed E-state index contributed by atoms with van der Waals surface area (Å²) < 4.78 is 4.67. The van der Waals surface area contributed by atoms with Gasteiger partial charge in [0.1, 0.15) is 11.7 Å². The summed E-state index contributed by atoms with van der Waals surface area (Å²) in [5, 5.41) is 20.7. The number of β-amino-alcohol motifs (C(OH)–C–C–N with tert-alkyl or cyclic N) is 1. The number of esters is 1. The second kappa shape index (κ2) is 5.23. The van der Waals surface area contributed by atoms with Gasteiger partial charge in [-0.2, -0.15) is 0 Å². The van der Waals surface area contributed by atoms with Gasteiger partial charge >= 0.3 is 5.97 Å². The molecule has 0 saturated carbocycles. The predicted octanol–water partition coefficient (Wildman–Crippen LogP) is 0.707. The zero-order valence-electron chi connectivity index (χ0n) is 10.4. The average Bonchev–Trinajstić information content (AvgIpc) is 2.79. The number of nitro groups is 1. The van der Waals surface area contributed by atoms with E-state index in [2.05, 4.69) is 4.74 Å². The summed E-state index contributed by atoms with van der Waals surface area (Å²) in [5.74, 6) is -0.505. The van der Waals surface area contributed by atoms with Crippen molar-refractivity contribution in [3.05, 3.63) is 34.4 Å². The molecule has 1 heterocycles. The molecule has 0 aliphatic carbocycles. The average molecular weight is 266 g/mol. The first-order valence-corrected chi connectivity index (χ1v) is 5.80. The Bertz CT molecular complexity index is 505. The number of methoxy groups -OCH3 is 1. The van der Waals surface area contributed by atoms with Crippen LogP contribution in [0.4, 0.5) is 11.4 Å². The Hall–Kier alpha value is -2.15. The van der Waals surface area contributed by atoms with Crippen molar-refractivity contribution in [2.75, 3.05) is 18.6 Å². The lowest BCUT2D eigenvalue weighted by Gasteiger charge is -2.23. The molecule has 0 spiro atoms. The highest BCUT2D eigenvalue weighted by Crippen LogP contribution is 2.33. The number of rotatable bonds is 3. The van der Waals surface area contributed by atoms with Crippen LogP contribution >= 0.6 is 0 Å². The number of ether oxygens (including phenoxy) is 1. The van der Waals surface area contributed by atoms with E-state index in [0.29, 0.717) is 5.69 Å². The van der Waals surface area contributed by atoms with Gasteiger partial charge in [-0.15, -0.1) is 0 Å². The Morgan fingerprint density at radius 3 is 2.84 bits per heavy atom. The van der Waals surface area contributed by atoms with E-state index in [-0.39, 0.29) is 18.7 Å². The number of para-hydroxylation sites is 2. The van der Waals surface area contributed by atoms with Crippen molar-refractivity contribution in [1.29, 1.82) is 0 Å². The van der Waals surface area contributed by atoms with Gasteiger partial charge in [0.25, 0.3) is 5.69 Å². The Morgan fingerprint density at radius 2 is 2.21 bits per heavy atom. The molecule has 1 fully saturated rings. The van der Waals surface area contributed by atoms with Crippen LogP contribution in [0.5, 0.6) is 0 Å². The molecule has 1 aliphatic heterocycles. The zero-order valence-corrected chi connectivity index (χ0v) is 10.4. The molecule has 0 bridgehead atoms. The van der Waals surface area contributed by atoms with Crippen LogP contribution in [0.1, 0.15) is 6.42 Å². The zero-order chi connectivity index (χ0) is 14.0. The van der Waals surface area contributed by atoms with Gasteiger partial charge in [0.2, 0.25) is 0 Å². The number of carbonyl (C=O) groups excluding carboxylic acids is 1. The van der Waals surface area contributed by atoms with Gasteiger partial charge in [-0.25, -0.2) is 4.79 Å². The minimum absolute atomic E-state index is 0.0921. The summed E-state index contributed by atoms with van der Waals surface area (Å²) >= 11 is 0. The predicted molar refractivity (Wildman–Crippen MR) is 66.9 cm³/mol. The molecule has 0 unspecified atom stereocenters. The number of nitrogens with zero attached hydrogens (tertiary/aromatic N) is 2. The highest BCUT2D eigenvalue weighted by molar-refractivity contribution is 5.82. The summed E-state index contributed by atoms with van der Waals surface area (Å²) in [6.45, 7) is 0.171. The van der Waals surface area contributed by atoms with E-state index in [4.69, 9.17) is 0 Å². The smallest absolute Gasteiger partial charge is 0.328 e. The monoisotopic (exact) mass is 266 g/mol. The first kappa shape index (κ1) is 13.3. The van der Waals surface area contributed by atoms with Crippen LogP contribution in [0, 0.1) is 10.1 Å². The SMILES string of the molecule is COC(=O)[C@H]1C[C@@H](O)CN1c1ccccc1[N+](=O)[O-]. The van der Waals surface area contributed by atoms with Gasteiger partial charge in [-0.1, -0.05) is 12.1 Å². The molecular formula is C12H14N2O5. The van der Waals surface area contributed by atoms with Crippen molar-refractivity contribution in [3.63, 3.8) is 0 Å². The largest absolute Gasteiger partial charge is 0.467 e. The van der Waals surface area contributed by atoms with Crippen LogP contribution < -0.4 is 4.90 Å². The molecule has 19 heavy (non-hydrogen) atoms. The minimum atomic E-state index is -0.705. The molecule has 0 amide bonds. The maximum Gasteiger partial charge on any atom is 0.328 e. The van der Waals surface area contributed by atoms with Crippen LogP contribution in [0.15, 0.2) is 24.3 Å². The van der Waals surface area contributed by atoms with E-state index in [1.54, 1.807) is 18.2 Å². The molecule has 0 radical (unpaired) electrons. The van der Waals surface area contributed by atoms with Gasteiger partial charge < -0.3 is 14.7 Å². The first-order chi connectivity index (χ1) is 9.04. The Kier molecular flexibility index (Phi) is 3.66. The summed E-state index contributed by atoms with van der Waals surface area (Å²) in [6, 6.07) is 5.45. The molecule has 2 rings (SSSR count). The Morgan fingerprint density at radius 1 is 1.53 bits per heavy atom. The maximum atomic E-state index is 11.7. The third-order valence-electron chi connectivity index (χ3n) is 3.14. The van der Waals surface area contributed by atoms with Crippen LogP contribution in [0.25, 0.3) is 0 Å². The van der Waals surface area contributed by atoms with Crippen molar-refractivity contribution in [2.45, 2.75) is 18.6 Å². The summed E-state index contributed by atoms with van der Waals surface area (Å²) in [7, 11) is 1.25. The minimum Gasteiger partial charge on any atom is -0.467 e. The van der Waals surface area contributed by atoms with Gasteiger partial charge in [-0.3, -0.25) is 10.1 Å². The quantitative estimate of drug-likeness (QED) is 0.492. The number of nitro benzene ring substituents is 1. The lowest BCUT2D eigenvalue weighted by atomic mass is 10.2. The summed E-state index contributed by atoms with van der Waals surface area (Å²) in [5.41, 5.74) is 0.227. The standard InChI is InChI=1S/C12H14N2O5/c1-19-12(16)11-6-8(15)7-13(11)9-4-2-3-5-10(9)14(17)18/h2-5,8,11,15H,6-7H2,1H3/t8-,11-/m1/s1. The molecule has 1 N–H and O–H groups in total. The molecule has 7 nitrogen and oxygen atoms in total. The highest BCUT2D eigenvalue weighted by atomic mass is 16.6. The molecular weight excluding hydrogens is 252 g/mol. The molecule has 1 aromatic carbocycles. The highest BCUT2D eigenvalue weighted by Gasteiger charge is 2.39. The van der Waals surface area contributed by atoms with E-state index in [9.17, 15) is 20.0 Å². The van der Waals surface area contributed by atoms with Gasteiger partial charge in [0.05, 0.1) is 18.1 Å². The van der Waals surface area contributed by atoms with Crippen molar-refractivity contribution in [2.24, 2.45) is 0 Å². The van der Waals surface area contributed by atoms with Gasteiger partial charge in [-0.05, 0) is 6.07 Å². The fraction of sp³-hybridized carbons (Fsp3) is 0.417. The molecule has 1 aliphatic rings. The van der Waals surface area contributed by atoms with E-state index in [1.807, 2.05) is 0 Å². The van der Waals surface area contributed by atoms with Crippen molar-refractivity contribution in [3.8, 4) is 0 Å². The van der Waals surface area contributed by atoms with E-state index < -0.39 is 23.0 Å². The van der Waals surface area contributed by atoms with Gasteiger partial charge in [0, 0.05) is 19.0 Å². The Labute approximate surface area is 109 Å². The van der Waals surface area contributed by atoms with E-state index in [1.165, 1.54) is 18.1 Å². The number of aliphatic hydroxyl groups excluding tert-OH is 1. The molecule has 7 heteroatoms. The molecule has 2 atom stereocenters. The molecule has 1 saturated heterocycles. The number of aliphatic hydroxyl groups is 1. The van der Waals surface area contributed by atoms with Crippen molar-refractivity contribution in [1.82, 2.24) is 0 Å². The second-order valence-corrected chi connectivity index (χ2v) is 4.33. The number of anilines is 1. The third kappa shape index (κ3) is 2.50. The summed E-state index contributed by atoms with van der Waals surface area (Å²) in [6.07, 6.45) is -0.498. The van der Waals surface area contributed by atoms with Crippen LogP contribution in [-0.4, -0.2) is 41.8 Å². The Balaban J connectivity index is 2.39.